The largest absolute Gasteiger partial charge is 0.461 e. The molecule has 0 bridgehead atoms. The Morgan fingerprint density at radius 1 is 1.55 bits per heavy atom. The van der Waals surface area contributed by atoms with E-state index in [1.54, 1.807) is 14.0 Å². The molecule has 0 aliphatic carbocycles. The molecular weight excluding hydrogens is 146 g/mol. The second kappa shape index (κ2) is 4.43. The zero-order chi connectivity index (χ0) is 8.85. The van der Waals surface area contributed by atoms with Crippen molar-refractivity contribution in [1.29, 1.82) is 0 Å². The highest BCUT2D eigenvalue weighted by molar-refractivity contribution is 5.87. The molecule has 0 fully saturated rings. The van der Waals surface area contributed by atoms with E-state index in [0.29, 0.717) is 0 Å². The molecule has 0 amide bonds. The molecule has 0 spiro atoms. The lowest BCUT2D eigenvalue weighted by Crippen LogP contribution is -2.27. The maximum atomic E-state index is 10.8. The summed E-state index contributed by atoms with van der Waals surface area (Å²) in [5.41, 5.74) is 10.5. The Labute approximate surface area is 65.4 Å². The summed E-state index contributed by atoms with van der Waals surface area (Å²) < 4.78 is 4.58. The van der Waals surface area contributed by atoms with Gasteiger partial charge in [0.05, 0.1) is 6.61 Å². The van der Waals surface area contributed by atoms with Gasteiger partial charge in [-0.15, -0.1) is 0 Å². The fourth-order valence-electron chi connectivity index (χ4n) is 0.453. The molecule has 0 aromatic rings. The maximum Gasteiger partial charge on any atom is 0.357 e. The summed E-state index contributed by atoms with van der Waals surface area (Å²) in [4.78, 5) is 10.8. The van der Waals surface area contributed by atoms with Crippen molar-refractivity contribution < 1.29 is 9.53 Å². The van der Waals surface area contributed by atoms with Crippen LogP contribution in [-0.4, -0.2) is 19.6 Å². The molecule has 0 saturated carbocycles. The van der Waals surface area contributed by atoms with E-state index in [9.17, 15) is 4.79 Å². The second-order valence-electron chi connectivity index (χ2n) is 1.80. The minimum atomic E-state index is -0.598. The molecule has 0 aromatic carbocycles. The monoisotopic (exact) mass is 159 g/mol. The third kappa shape index (κ3) is 2.79. The molecule has 0 rings (SSSR count). The number of carbonyl (C=O) groups is 1. The van der Waals surface area contributed by atoms with Crippen molar-refractivity contribution in [3.63, 3.8) is 0 Å². The summed E-state index contributed by atoms with van der Waals surface area (Å²) in [6.07, 6.45) is 0. The van der Waals surface area contributed by atoms with E-state index in [1.807, 2.05) is 0 Å². The van der Waals surface area contributed by atoms with Gasteiger partial charge in [-0.25, -0.2) is 4.79 Å². The average molecular weight is 159 g/mol. The van der Waals surface area contributed by atoms with E-state index in [1.165, 1.54) is 0 Å². The Kier molecular flexibility index (Phi) is 3.87. The van der Waals surface area contributed by atoms with Crippen molar-refractivity contribution in [1.82, 2.24) is 5.32 Å². The van der Waals surface area contributed by atoms with E-state index in [4.69, 9.17) is 11.5 Å². The first-order valence-electron chi connectivity index (χ1n) is 3.23. The lowest BCUT2D eigenvalue weighted by atomic mass is 10.4. The smallest absolute Gasteiger partial charge is 0.357 e. The first-order chi connectivity index (χ1) is 5.13. The summed E-state index contributed by atoms with van der Waals surface area (Å²) in [6.45, 7) is 1.98. The molecule has 0 heterocycles. The average Bonchev–Trinajstić information content (AvgIpc) is 2.02. The van der Waals surface area contributed by atoms with Gasteiger partial charge >= 0.3 is 5.97 Å². The lowest BCUT2D eigenvalue weighted by Gasteiger charge is -2.04. The van der Waals surface area contributed by atoms with E-state index in [2.05, 4.69) is 10.1 Å². The van der Waals surface area contributed by atoms with Gasteiger partial charge in [0.15, 0.2) is 5.70 Å². The number of carbonyl (C=O) groups excluding carboxylic acids is 1. The fourth-order valence-corrected chi connectivity index (χ4v) is 0.453. The number of esters is 1. The Bertz CT molecular complexity index is 177. The van der Waals surface area contributed by atoms with Crippen LogP contribution in [0, 0.1) is 0 Å². The Hall–Kier alpha value is -1.39. The molecule has 5 heteroatoms. The highest BCUT2D eigenvalue weighted by atomic mass is 16.5. The lowest BCUT2D eigenvalue weighted by molar-refractivity contribution is -0.138. The van der Waals surface area contributed by atoms with Gasteiger partial charge in [0.2, 0.25) is 0 Å². The van der Waals surface area contributed by atoms with Gasteiger partial charge in [0.1, 0.15) is 5.82 Å². The van der Waals surface area contributed by atoms with Crippen LogP contribution in [0.4, 0.5) is 0 Å². The Balaban J connectivity index is 4.22. The van der Waals surface area contributed by atoms with Crippen LogP contribution in [0.2, 0.25) is 0 Å². The first-order valence-corrected chi connectivity index (χ1v) is 3.23. The molecule has 11 heavy (non-hydrogen) atoms. The molecule has 0 aliphatic heterocycles. The predicted octanol–water partition coefficient (Wildman–Crippen LogP) is -1.14. The standard InChI is InChI=1S/C6H13N3O2/c1-3-11-6(10)4(7)5(8)9-2/h9H,3,7-8H2,1-2H3/b5-4-. The molecule has 64 valence electrons. The van der Waals surface area contributed by atoms with E-state index in [0.717, 1.165) is 0 Å². The second-order valence-corrected chi connectivity index (χ2v) is 1.80. The van der Waals surface area contributed by atoms with Crippen LogP contribution in [0.15, 0.2) is 11.5 Å². The quantitative estimate of drug-likeness (QED) is 0.357. The van der Waals surface area contributed by atoms with Gasteiger partial charge in [-0.1, -0.05) is 0 Å². The van der Waals surface area contributed by atoms with E-state index < -0.39 is 5.97 Å². The van der Waals surface area contributed by atoms with Crippen LogP contribution >= 0.6 is 0 Å². The van der Waals surface area contributed by atoms with Crippen molar-refractivity contribution in [2.24, 2.45) is 11.5 Å². The zero-order valence-electron chi connectivity index (χ0n) is 6.68. The predicted molar refractivity (Wildman–Crippen MR) is 41.1 cm³/mol. The number of ether oxygens (including phenoxy) is 1. The van der Waals surface area contributed by atoms with Gasteiger partial charge in [-0.2, -0.15) is 0 Å². The van der Waals surface area contributed by atoms with Gasteiger partial charge in [0.25, 0.3) is 0 Å². The van der Waals surface area contributed by atoms with Crippen LogP contribution in [0.25, 0.3) is 0 Å². The summed E-state index contributed by atoms with van der Waals surface area (Å²) in [5.74, 6) is -0.470. The Morgan fingerprint density at radius 3 is 2.45 bits per heavy atom. The van der Waals surface area contributed by atoms with E-state index in [-0.39, 0.29) is 18.1 Å². The van der Waals surface area contributed by atoms with Gasteiger partial charge < -0.3 is 21.5 Å². The van der Waals surface area contributed by atoms with Crippen LogP contribution in [-0.2, 0) is 9.53 Å². The number of nitrogens with one attached hydrogen (secondary N) is 1. The number of rotatable bonds is 3. The SMILES string of the molecule is CCOC(=O)/C(N)=C(\N)NC. The summed E-state index contributed by atoms with van der Waals surface area (Å²) in [6, 6.07) is 0. The molecule has 5 nitrogen and oxygen atoms in total. The third-order valence-corrected chi connectivity index (χ3v) is 1.05. The number of hydrogen-bond donors (Lipinski definition) is 3. The van der Waals surface area contributed by atoms with Crippen molar-refractivity contribution in [2.45, 2.75) is 6.92 Å². The zero-order valence-corrected chi connectivity index (χ0v) is 6.68. The van der Waals surface area contributed by atoms with Gasteiger partial charge in [0, 0.05) is 7.05 Å². The van der Waals surface area contributed by atoms with Gasteiger partial charge in [-0.05, 0) is 6.92 Å². The molecule has 0 atom stereocenters. The van der Waals surface area contributed by atoms with Crippen LogP contribution in [0.1, 0.15) is 6.92 Å². The van der Waals surface area contributed by atoms with Crippen molar-refractivity contribution in [2.75, 3.05) is 13.7 Å². The first kappa shape index (κ1) is 9.61. The minimum Gasteiger partial charge on any atom is -0.461 e. The number of hydrogen-bond acceptors (Lipinski definition) is 5. The summed E-state index contributed by atoms with van der Waals surface area (Å²) >= 11 is 0. The maximum absolute atomic E-state index is 10.8. The molecular formula is C6H13N3O2. The normalized spacial score (nSPS) is 11.8. The third-order valence-electron chi connectivity index (χ3n) is 1.05. The summed E-state index contributed by atoms with van der Waals surface area (Å²) in [5, 5.41) is 2.54. The fraction of sp³-hybridized carbons (Fsp3) is 0.500. The Morgan fingerprint density at radius 2 is 2.09 bits per heavy atom. The molecule has 0 saturated heterocycles. The van der Waals surface area contributed by atoms with Crippen molar-refractivity contribution >= 4 is 5.97 Å². The summed E-state index contributed by atoms with van der Waals surface area (Å²) in [7, 11) is 1.57. The molecule has 0 radical (unpaired) electrons. The molecule has 0 aromatic heterocycles. The molecule has 0 aliphatic rings. The van der Waals surface area contributed by atoms with Crippen molar-refractivity contribution in [3.05, 3.63) is 11.5 Å². The number of nitrogens with two attached hydrogens (primary N) is 2. The van der Waals surface area contributed by atoms with Crippen molar-refractivity contribution in [3.8, 4) is 0 Å². The highest BCUT2D eigenvalue weighted by Crippen LogP contribution is 1.90. The van der Waals surface area contributed by atoms with Crippen LogP contribution in [0.5, 0.6) is 0 Å². The van der Waals surface area contributed by atoms with Crippen LogP contribution in [0.3, 0.4) is 0 Å². The molecule has 5 N–H and O–H groups in total. The van der Waals surface area contributed by atoms with Gasteiger partial charge in [-0.3, -0.25) is 0 Å². The highest BCUT2D eigenvalue weighted by Gasteiger charge is 2.08. The van der Waals surface area contributed by atoms with E-state index >= 15 is 0 Å². The molecule has 0 unspecified atom stereocenters. The topological polar surface area (TPSA) is 90.4 Å². The minimum absolute atomic E-state index is 0.0886. The van der Waals surface area contributed by atoms with Crippen LogP contribution < -0.4 is 16.8 Å².